The van der Waals surface area contributed by atoms with Crippen LogP contribution < -0.4 is 0 Å². The molecule has 4 aliphatic rings. The van der Waals surface area contributed by atoms with Gasteiger partial charge in [-0.3, -0.25) is 0 Å². The van der Waals surface area contributed by atoms with E-state index < -0.39 is 0 Å². The van der Waals surface area contributed by atoms with Crippen LogP contribution in [0.5, 0.6) is 0 Å². The summed E-state index contributed by atoms with van der Waals surface area (Å²) in [6, 6.07) is 0. The van der Waals surface area contributed by atoms with Crippen molar-refractivity contribution in [1.29, 1.82) is 0 Å². The molecule has 4 rings (SSSR count). The molecule has 4 saturated carbocycles. The number of fused-ring (bicyclic) bond motifs is 1. The van der Waals surface area contributed by atoms with Crippen molar-refractivity contribution in [2.24, 2.45) is 28.1 Å². The lowest BCUT2D eigenvalue weighted by molar-refractivity contribution is -0.217. The van der Waals surface area contributed by atoms with Gasteiger partial charge in [-0.2, -0.15) is 0 Å². The van der Waals surface area contributed by atoms with Crippen molar-refractivity contribution in [1.82, 2.24) is 0 Å². The summed E-state index contributed by atoms with van der Waals surface area (Å²) in [6.45, 7) is 10.3. The van der Waals surface area contributed by atoms with Crippen LogP contribution in [0.1, 0.15) is 66.2 Å². The fraction of sp³-hybridized carbons (Fsp3) is 1.00. The van der Waals surface area contributed by atoms with E-state index in [1.165, 1.54) is 38.5 Å². The van der Waals surface area contributed by atoms with Gasteiger partial charge >= 0.3 is 0 Å². The lowest BCUT2D eigenvalue weighted by Gasteiger charge is -2.71. The summed E-state index contributed by atoms with van der Waals surface area (Å²) in [5.41, 5.74) is 1.86. The largest absolute Gasteiger partial charge is 0.0591 e. The van der Waals surface area contributed by atoms with E-state index in [-0.39, 0.29) is 0 Å². The fourth-order valence-electron chi connectivity index (χ4n) is 5.62. The van der Waals surface area contributed by atoms with Crippen LogP contribution in [0.25, 0.3) is 0 Å². The van der Waals surface area contributed by atoms with Gasteiger partial charge in [-0.05, 0) is 53.8 Å². The van der Waals surface area contributed by atoms with Gasteiger partial charge < -0.3 is 0 Å². The summed E-state index contributed by atoms with van der Waals surface area (Å²) in [4.78, 5) is 0. The monoisotopic (exact) mass is 206 g/mol. The van der Waals surface area contributed by atoms with E-state index in [1.807, 2.05) is 0 Å². The predicted molar refractivity (Wildman–Crippen MR) is 64.7 cm³/mol. The van der Waals surface area contributed by atoms with Gasteiger partial charge in [0.25, 0.3) is 0 Å². The Kier molecular flexibility index (Phi) is 1.78. The van der Waals surface area contributed by atoms with Crippen molar-refractivity contribution in [3.63, 3.8) is 0 Å². The zero-order chi connectivity index (χ0) is 10.9. The van der Waals surface area contributed by atoms with Crippen LogP contribution in [-0.4, -0.2) is 0 Å². The smallest absolute Gasteiger partial charge is 0.0238 e. The van der Waals surface area contributed by atoms with Gasteiger partial charge in [-0.1, -0.05) is 40.5 Å². The van der Waals surface area contributed by atoms with Crippen molar-refractivity contribution in [3.8, 4) is 0 Å². The summed E-state index contributed by atoms with van der Waals surface area (Å²) in [7, 11) is 0. The number of hydrogen-bond donors (Lipinski definition) is 0. The van der Waals surface area contributed by atoms with Crippen LogP contribution in [0.3, 0.4) is 0 Å². The number of hydrogen-bond acceptors (Lipinski definition) is 0. The van der Waals surface area contributed by atoms with E-state index in [0.29, 0.717) is 16.2 Å². The van der Waals surface area contributed by atoms with Crippen molar-refractivity contribution >= 4 is 0 Å². The van der Waals surface area contributed by atoms with E-state index >= 15 is 0 Å². The Bertz CT molecular complexity index is 290. The maximum Gasteiger partial charge on any atom is -0.0238 e. The Labute approximate surface area is 94.8 Å². The first-order chi connectivity index (χ1) is 6.91. The zero-order valence-corrected chi connectivity index (χ0v) is 10.9. The molecule has 0 spiro atoms. The van der Waals surface area contributed by atoms with E-state index in [9.17, 15) is 0 Å². The lowest BCUT2D eigenvalue weighted by Crippen LogP contribution is -2.63. The third-order valence-electron chi connectivity index (χ3n) is 7.31. The van der Waals surface area contributed by atoms with Crippen molar-refractivity contribution in [2.45, 2.75) is 66.2 Å². The highest BCUT2D eigenvalue weighted by Crippen LogP contribution is 2.73. The average molecular weight is 206 g/mol. The standard InChI is InChI=1S/C15H26/c1-13(2)14(3)9-7-12-11(10-14)6-5-8-15(12,13)4/h11-12H,5-10H2,1-4H3. The Morgan fingerprint density at radius 3 is 2.40 bits per heavy atom. The van der Waals surface area contributed by atoms with Crippen molar-refractivity contribution in [2.75, 3.05) is 0 Å². The molecule has 4 unspecified atom stereocenters. The highest BCUT2D eigenvalue weighted by Gasteiger charge is 2.65. The van der Waals surface area contributed by atoms with Crippen LogP contribution in [0.4, 0.5) is 0 Å². The lowest BCUT2D eigenvalue weighted by atomic mass is 9.34. The van der Waals surface area contributed by atoms with Crippen LogP contribution in [0, 0.1) is 28.1 Å². The Balaban J connectivity index is 2.11. The quantitative estimate of drug-likeness (QED) is 0.541. The fourth-order valence-corrected chi connectivity index (χ4v) is 5.62. The minimum Gasteiger partial charge on any atom is -0.0591 e. The summed E-state index contributed by atoms with van der Waals surface area (Å²) in [5.74, 6) is 2.14. The molecule has 0 aliphatic heterocycles. The molecule has 0 heteroatoms. The minimum atomic E-state index is 0.569. The van der Waals surface area contributed by atoms with Crippen LogP contribution >= 0.6 is 0 Å². The maximum absolute atomic E-state index is 2.61. The summed E-state index contributed by atoms with van der Waals surface area (Å²) >= 11 is 0. The summed E-state index contributed by atoms with van der Waals surface area (Å²) in [5, 5.41) is 0. The Hall–Kier alpha value is 0. The SMILES string of the molecule is CC12CCC3C(CCCC3(C)C1(C)C)C2. The second-order valence-electron chi connectivity index (χ2n) is 7.60. The highest BCUT2D eigenvalue weighted by atomic mass is 14.7. The Morgan fingerprint density at radius 1 is 0.933 bits per heavy atom. The molecule has 0 heterocycles. The molecule has 86 valence electrons. The first-order valence-electron chi connectivity index (χ1n) is 6.91. The molecular formula is C15H26. The molecular weight excluding hydrogens is 180 g/mol. The first kappa shape index (κ1) is 10.2. The second-order valence-corrected chi connectivity index (χ2v) is 7.60. The van der Waals surface area contributed by atoms with E-state index in [0.717, 1.165) is 11.8 Å². The van der Waals surface area contributed by atoms with Gasteiger partial charge in [0.2, 0.25) is 0 Å². The van der Waals surface area contributed by atoms with Crippen molar-refractivity contribution < 1.29 is 0 Å². The van der Waals surface area contributed by atoms with Crippen LogP contribution in [0.15, 0.2) is 0 Å². The highest BCUT2D eigenvalue weighted by molar-refractivity contribution is 5.14. The second kappa shape index (κ2) is 2.63. The first-order valence-corrected chi connectivity index (χ1v) is 6.91. The van der Waals surface area contributed by atoms with Gasteiger partial charge in [0.05, 0.1) is 0 Å². The third kappa shape index (κ3) is 0.953. The molecule has 0 radical (unpaired) electrons. The maximum atomic E-state index is 2.61. The molecule has 0 amide bonds. The molecule has 0 saturated heterocycles. The van der Waals surface area contributed by atoms with E-state index in [2.05, 4.69) is 27.7 Å². The zero-order valence-electron chi connectivity index (χ0n) is 10.9. The average Bonchev–Trinajstić information content (AvgIpc) is 2.15. The van der Waals surface area contributed by atoms with Gasteiger partial charge in [-0.15, -0.1) is 0 Å². The van der Waals surface area contributed by atoms with Gasteiger partial charge in [0.15, 0.2) is 0 Å². The summed E-state index contributed by atoms with van der Waals surface area (Å²) in [6.07, 6.45) is 9.08. The third-order valence-corrected chi connectivity index (χ3v) is 7.31. The predicted octanol–water partition coefficient (Wildman–Crippen LogP) is 4.64. The molecule has 4 fully saturated rings. The molecule has 15 heavy (non-hydrogen) atoms. The number of rotatable bonds is 0. The molecule has 4 bridgehead atoms. The molecule has 4 aliphatic carbocycles. The molecule has 0 nitrogen and oxygen atoms in total. The van der Waals surface area contributed by atoms with Crippen LogP contribution in [-0.2, 0) is 0 Å². The molecule has 0 aromatic heterocycles. The molecule has 0 N–H and O–H groups in total. The van der Waals surface area contributed by atoms with Gasteiger partial charge in [-0.25, -0.2) is 0 Å². The van der Waals surface area contributed by atoms with Crippen LogP contribution in [0.2, 0.25) is 0 Å². The normalized spacial score (nSPS) is 56.8. The minimum absolute atomic E-state index is 0.569. The molecule has 4 atom stereocenters. The summed E-state index contributed by atoms with van der Waals surface area (Å²) < 4.78 is 0. The van der Waals surface area contributed by atoms with Gasteiger partial charge in [0, 0.05) is 0 Å². The van der Waals surface area contributed by atoms with Gasteiger partial charge in [0.1, 0.15) is 0 Å². The van der Waals surface area contributed by atoms with E-state index in [1.54, 1.807) is 0 Å². The Morgan fingerprint density at radius 2 is 1.67 bits per heavy atom. The topological polar surface area (TPSA) is 0 Å². The van der Waals surface area contributed by atoms with Crippen molar-refractivity contribution in [3.05, 3.63) is 0 Å². The molecule has 0 aromatic rings. The molecule has 0 aromatic carbocycles. The van der Waals surface area contributed by atoms with E-state index in [4.69, 9.17) is 0 Å².